The van der Waals surface area contributed by atoms with Crippen LogP contribution in [0.5, 0.6) is 0 Å². The molecule has 1 unspecified atom stereocenters. The molecule has 2 aromatic carbocycles. The van der Waals surface area contributed by atoms with Gasteiger partial charge in [-0.1, -0.05) is 34.1 Å². The van der Waals surface area contributed by atoms with Gasteiger partial charge in [-0.25, -0.2) is 13.6 Å². The van der Waals surface area contributed by atoms with Crippen molar-refractivity contribution in [2.45, 2.75) is 24.8 Å². The van der Waals surface area contributed by atoms with Crippen LogP contribution in [0.25, 0.3) is 0 Å². The minimum absolute atomic E-state index is 0.0403. The van der Waals surface area contributed by atoms with Crippen LogP contribution in [-0.2, 0) is 10.0 Å². The zero-order chi connectivity index (χ0) is 15.6. The first-order chi connectivity index (χ1) is 9.77. The molecule has 1 atom stereocenters. The number of halogens is 1. The summed E-state index contributed by atoms with van der Waals surface area (Å²) >= 11 is 3.44. The summed E-state index contributed by atoms with van der Waals surface area (Å²) in [5.74, 6) is 0. The molecule has 0 amide bonds. The van der Waals surface area contributed by atoms with Crippen LogP contribution in [0.3, 0.4) is 0 Å². The number of benzene rings is 2. The highest BCUT2D eigenvalue weighted by Crippen LogP contribution is 2.24. The Balaban J connectivity index is 2.28. The smallest absolute Gasteiger partial charge is 0.238 e. The highest BCUT2D eigenvalue weighted by Gasteiger charge is 2.13. The Morgan fingerprint density at radius 3 is 2.52 bits per heavy atom. The monoisotopic (exact) mass is 368 g/mol. The van der Waals surface area contributed by atoms with E-state index in [9.17, 15) is 8.42 Å². The van der Waals surface area contributed by atoms with Gasteiger partial charge in [0.15, 0.2) is 0 Å². The quantitative estimate of drug-likeness (QED) is 0.865. The van der Waals surface area contributed by atoms with Crippen LogP contribution in [0.4, 0.5) is 5.69 Å². The van der Waals surface area contributed by atoms with Crippen molar-refractivity contribution in [3.63, 3.8) is 0 Å². The number of nitrogens with two attached hydrogens (primary N) is 1. The van der Waals surface area contributed by atoms with E-state index in [2.05, 4.69) is 21.2 Å². The molecule has 0 radical (unpaired) electrons. The number of aryl methyl sites for hydroxylation is 1. The normalized spacial score (nSPS) is 13.0. The standard InChI is InChI=1S/C15H17BrN2O2S/c1-10-6-7-14(9-15(10)21(17,19)20)18-11(2)12-4-3-5-13(16)8-12/h3-9,11,18H,1-2H3,(H2,17,19,20). The van der Waals surface area contributed by atoms with Gasteiger partial charge in [0.2, 0.25) is 10.0 Å². The molecule has 2 aromatic rings. The molecule has 0 spiro atoms. The van der Waals surface area contributed by atoms with Crippen molar-refractivity contribution in [2.24, 2.45) is 5.14 Å². The molecular weight excluding hydrogens is 352 g/mol. The Morgan fingerprint density at radius 1 is 1.19 bits per heavy atom. The highest BCUT2D eigenvalue weighted by molar-refractivity contribution is 9.10. The van der Waals surface area contributed by atoms with Crippen LogP contribution in [0.1, 0.15) is 24.1 Å². The van der Waals surface area contributed by atoms with Gasteiger partial charge >= 0.3 is 0 Å². The summed E-state index contributed by atoms with van der Waals surface area (Å²) in [6.07, 6.45) is 0. The van der Waals surface area contributed by atoms with Gasteiger partial charge in [0, 0.05) is 16.2 Å². The lowest BCUT2D eigenvalue weighted by atomic mass is 10.1. The lowest BCUT2D eigenvalue weighted by molar-refractivity contribution is 0.597. The molecule has 4 nitrogen and oxygen atoms in total. The maximum Gasteiger partial charge on any atom is 0.238 e. The van der Waals surface area contributed by atoms with E-state index >= 15 is 0 Å². The molecule has 0 bridgehead atoms. The van der Waals surface area contributed by atoms with Crippen molar-refractivity contribution in [1.82, 2.24) is 0 Å². The molecule has 21 heavy (non-hydrogen) atoms. The van der Waals surface area contributed by atoms with Crippen molar-refractivity contribution < 1.29 is 8.42 Å². The molecule has 0 aliphatic rings. The number of hydrogen-bond donors (Lipinski definition) is 2. The molecular formula is C15H17BrN2O2S. The topological polar surface area (TPSA) is 72.2 Å². The first-order valence-electron chi connectivity index (χ1n) is 6.43. The van der Waals surface area contributed by atoms with Crippen molar-refractivity contribution in [2.75, 3.05) is 5.32 Å². The third kappa shape index (κ3) is 4.06. The maximum absolute atomic E-state index is 11.6. The first-order valence-corrected chi connectivity index (χ1v) is 8.77. The summed E-state index contributed by atoms with van der Waals surface area (Å²) < 4.78 is 24.1. The summed E-state index contributed by atoms with van der Waals surface area (Å²) in [6, 6.07) is 13.2. The van der Waals surface area contributed by atoms with Gasteiger partial charge in [0.25, 0.3) is 0 Å². The van der Waals surface area contributed by atoms with Gasteiger partial charge in [0.05, 0.1) is 4.90 Å². The van der Waals surface area contributed by atoms with Crippen molar-refractivity contribution in [1.29, 1.82) is 0 Å². The van der Waals surface area contributed by atoms with Gasteiger partial charge in [-0.15, -0.1) is 0 Å². The Labute approximate surface area is 133 Å². The third-order valence-corrected chi connectivity index (χ3v) is 4.77. The van der Waals surface area contributed by atoms with E-state index in [1.165, 1.54) is 0 Å². The average Bonchev–Trinajstić information content (AvgIpc) is 2.39. The first kappa shape index (κ1) is 16.0. The number of primary sulfonamides is 1. The minimum atomic E-state index is -3.71. The molecule has 112 valence electrons. The lowest BCUT2D eigenvalue weighted by Crippen LogP contribution is -2.14. The van der Waals surface area contributed by atoms with Crippen LogP contribution < -0.4 is 10.5 Å². The van der Waals surface area contributed by atoms with Gasteiger partial charge in [-0.2, -0.15) is 0 Å². The molecule has 0 heterocycles. The number of rotatable bonds is 4. The Kier molecular flexibility index (Phi) is 4.70. The fourth-order valence-corrected chi connectivity index (χ4v) is 3.33. The Hall–Kier alpha value is -1.37. The molecule has 0 saturated carbocycles. The van der Waals surface area contributed by atoms with Gasteiger partial charge in [-0.05, 0) is 49.2 Å². The van der Waals surface area contributed by atoms with E-state index in [0.29, 0.717) is 5.56 Å². The van der Waals surface area contributed by atoms with Crippen LogP contribution in [0.15, 0.2) is 51.8 Å². The SMILES string of the molecule is Cc1ccc(NC(C)c2cccc(Br)c2)cc1S(N)(=O)=O. The molecule has 3 N–H and O–H groups in total. The predicted molar refractivity (Wildman–Crippen MR) is 88.7 cm³/mol. The van der Waals surface area contributed by atoms with E-state index in [4.69, 9.17) is 5.14 Å². The highest BCUT2D eigenvalue weighted by atomic mass is 79.9. The second-order valence-corrected chi connectivity index (χ2v) is 7.39. The van der Waals surface area contributed by atoms with Crippen molar-refractivity contribution in [3.8, 4) is 0 Å². The second kappa shape index (κ2) is 6.17. The number of anilines is 1. The van der Waals surface area contributed by atoms with Crippen LogP contribution in [0, 0.1) is 6.92 Å². The summed E-state index contributed by atoms with van der Waals surface area (Å²) in [5, 5.41) is 8.51. The molecule has 0 aromatic heterocycles. The fourth-order valence-electron chi connectivity index (χ4n) is 2.11. The molecule has 0 saturated heterocycles. The molecule has 6 heteroatoms. The van der Waals surface area contributed by atoms with Crippen LogP contribution >= 0.6 is 15.9 Å². The van der Waals surface area contributed by atoms with E-state index in [-0.39, 0.29) is 10.9 Å². The zero-order valence-corrected chi connectivity index (χ0v) is 14.2. The molecule has 0 aliphatic heterocycles. The van der Waals surface area contributed by atoms with Crippen LogP contribution in [0.2, 0.25) is 0 Å². The lowest BCUT2D eigenvalue weighted by Gasteiger charge is -2.17. The van der Waals surface area contributed by atoms with E-state index < -0.39 is 10.0 Å². The van der Waals surface area contributed by atoms with E-state index in [0.717, 1.165) is 15.7 Å². The third-order valence-electron chi connectivity index (χ3n) is 3.23. The summed E-state index contributed by atoms with van der Waals surface area (Å²) in [4.78, 5) is 0.147. The van der Waals surface area contributed by atoms with Crippen molar-refractivity contribution >= 4 is 31.6 Å². The minimum Gasteiger partial charge on any atom is -0.378 e. The van der Waals surface area contributed by atoms with Gasteiger partial charge < -0.3 is 5.32 Å². The molecule has 2 rings (SSSR count). The predicted octanol–water partition coefficient (Wildman–Crippen LogP) is 3.58. The van der Waals surface area contributed by atoms with E-state index in [1.54, 1.807) is 19.1 Å². The van der Waals surface area contributed by atoms with E-state index in [1.807, 2.05) is 37.3 Å². The maximum atomic E-state index is 11.6. The summed E-state index contributed by atoms with van der Waals surface area (Å²) in [5.41, 5.74) is 2.46. The Bertz CT molecular complexity index is 760. The fraction of sp³-hybridized carbons (Fsp3) is 0.200. The zero-order valence-electron chi connectivity index (χ0n) is 11.8. The van der Waals surface area contributed by atoms with Crippen LogP contribution in [-0.4, -0.2) is 8.42 Å². The number of hydrogen-bond acceptors (Lipinski definition) is 3. The van der Waals surface area contributed by atoms with Gasteiger partial charge in [-0.3, -0.25) is 0 Å². The largest absolute Gasteiger partial charge is 0.378 e. The van der Waals surface area contributed by atoms with Crippen molar-refractivity contribution in [3.05, 3.63) is 58.1 Å². The summed E-state index contributed by atoms with van der Waals surface area (Å²) in [7, 11) is -3.71. The average molecular weight is 369 g/mol. The summed E-state index contributed by atoms with van der Waals surface area (Å²) in [6.45, 7) is 3.74. The number of sulfonamides is 1. The Morgan fingerprint density at radius 2 is 1.90 bits per heavy atom. The number of nitrogens with one attached hydrogen (secondary N) is 1. The molecule has 0 aliphatic carbocycles. The van der Waals surface area contributed by atoms with Gasteiger partial charge in [0.1, 0.15) is 0 Å². The second-order valence-electron chi connectivity index (χ2n) is 4.95. The molecule has 0 fully saturated rings.